The Morgan fingerprint density at radius 1 is 1.50 bits per heavy atom. The molecule has 1 aromatic rings. The van der Waals surface area contributed by atoms with Gasteiger partial charge in [0.2, 0.25) is 5.28 Å². The molecule has 2 saturated heterocycles. The van der Waals surface area contributed by atoms with Crippen LogP contribution in [0.4, 0.5) is 10.2 Å². The van der Waals surface area contributed by atoms with Crippen LogP contribution in [-0.2, 0) is 0 Å². The lowest BCUT2D eigenvalue weighted by Crippen LogP contribution is -2.52. The summed E-state index contributed by atoms with van der Waals surface area (Å²) >= 11 is 5.71. The third-order valence-electron chi connectivity index (χ3n) is 4.22. The van der Waals surface area contributed by atoms with Crippen LogP contribution in [0, 0.1) is 5.82 Å². The number of nitrogens with zero attached hydrogens (tertiary/aromatic N) is 4. The molecule has 0 aromatic carbocycles. The van der Waals surface area contributed by atoms with Gasteiger partial charge in [-0.3, -0.25) is 4.90 Å². The number of aliphatic imine (C=N–C) groups is 1. The summed E-state index contributed by atoms with van der Waals surface area (Å²) < 4.78 is 13.7. The first kappa shape index (κ1) is 13.9. The first-order chi connectivity index (χ1) is 9.45. The SMILES string of the molecule is CC1(C)C/C(=N\c2nc(Cl)ncc2F)C[C@@H]2CCCN21. The summed E-state index contributed by atoms with van der Waals surface area (Å²) in [6, 6.07) is 0.526. The second kappa shape index (κ2) is 5.04. The maximum atomic E-state index is 13.7. The van der Waals surface area contributed by atoms with Crippen molar-refractivity contribution < 1.29 is 4.39 Å². The lowest BCUT2D eigenvalue weighted by Gasteiger charge is -2.44. The van der Waals surface area contributed by atoms with Gasteiger partial charge in [-0.25, -0.2) is 14.4 Å². The van der Waals surface area contributed by atoms with Gasteiger partial charge in [-0.15, -0.1) is 0 Å². The number of hydrogen-bond donors (Lipinski definition) is 0. The van der Waals surface area contributed by atoms with E-state index >= 15 is 0 Å². The number of hydrogen-bond acceptors (Lipinski definition) is 4. The van der Waals surface area contributed by atoms with Crippen LogP contribution in [0.1, 0.15) is 39.5 Å². The number of aromatic nitrogens is 2. The molecule has 0 N–H and O–H groups in total. The summed E-state index contributed by atoms with van der Waals surface area (Å²) in [5.41, 5.74) is 1.08. The number of fused-ring (bicyclic) bond motifs is 1. The molecule has 1 atom stereocenters. The maximum Gasteiger partial charge on any atom is 0.224 e. The Balaban J connectivity index is 1.90. The summed E-state index contributed by atoms with van der Waals surface area (Å²) in [7, 11) is 0. The molecule has 0 bridgehead atoms. The molecule has 0 unspecified atom stereocenters. The summed E-state index contributed by atoms with van der Waals surface area (Å²) in [6.45, 7) is 5.60. The average Bonchev–Trinajstić information content (AvgIpc) is 2.82. The van der Waals surface area contributed by atoms with Gasteiger partial charge in [0, 0.05) is 30.1 Å². The molecule has 6 heteroatoms. The van der Waals surface area contributed by atoms with Gasteiger partial charge in [-0.05, 0) is 44.8 Å². The molecule has 108 valence electrons. The molecule has 0 amide bonds. The summed E-state index contributed by atoms with van der Waals surface area (Å²) in [6.07, 6.45) is 5.23. The standard InChI is InChI=1S/C14H18ClFN4/c1-14(2)7-9(6-10-4-3-5-20(10)14)18-12-11(16)8-17-13(15)19-12/h8,10H,3-7H2,1-2H3/b18-9-/t10-/m0/s1. The van der Waals surface area contributed by atoms with Gasteiger partial charge in [-0.1, -0.05) is 0 Å². The first-order valence-corrected chi connectivity index (χ1v) is 7.35. The second-order valence-electron chi connectivity index (χ2n) is 6.17. The van der Waals surface area contributed by atoms with Crippen molar-refractivity contribution in [2.24, 2.45) is 4.99 Å². The summed E-state index contributed by atoms with van der Waals surface area (Å²) in [4.78, 5) is 14.5. The fraction of sp³-hybridized carbons (Fsp3) is 0.643. The number of rotatable bonds is 1. The van der Waals surface area contributed by atoms with E-state index in [1.54, 1.807) is 0 Å². The molecule has 3 heterocycles. The minimum atomic E-state index is -0.520. The van der Waals surface area contributed by atoms with E-state index in [0.29, 0.717) is 6.04 Å². The molecule has 20 heavy (non-hydrogen) atoms. The fourth-order valence-corrected chi connectivity index (χ4v) is 3.57. The molecule has 2 fully saturated rings. The van der Waals surface area contributed by atoms with E-state index in [0.717, 1.165) is 31.3 Å². The summed E-state index contributed by atoms with van der Waals surface area (Å²) in [5, 5.41) is 0.0308. The van der Waals surface area contributed by atoms with Crippen molar-refractivity contribution >= 4 is 23.1 Å². The third kappa shape index (κ3) is 2.56. The van der Waals surface area contributed by atoms with Crippen LogP contribution in [0.15, 0.2) is 11.2 Å². The topological polar surface area (TPSA) is 41.4 Å². The fourth-order valence-electron chi connectivity index (χ4n) is 3.44. The molecule has 4 nitrogen and oxygen atoms in total. The van der Waals surface area contributed by atoms with E-state index in [1.165, 1.54) is 12.8 Å². The molecule has 0 saturated carbocycles. The largest absolute Gasteiger partial charge is 0.295 e. The van der Waals surface area contributed by atoms with E-state index in [4.69, 9.17) is 11.6 Å². The zero-order chi connectivity index (χ0) is 14.3. The van der Waals surface area contributed by atoms with Crippen molar-refractivity contribution in [2.45, 2.75) is 51.1 Å². The molecule has 0 spiro atoms. The number of piperidine rings is 1. The smallest absolute Gasteiger partial charge is 0.224 e. The molecule has 1 aromatic heterocycles. The predicted octanol–water partition coefficient (Wildman–Crippen LogP) is 3.38. The van der Waals surface area contributed by atoms with Gasteiger partial charge in [-0.2, -0.15) is 4.98 Å². The Kier molecular flexibility index (Phi) is 3.50. The minimum absolute atomic E-state index is 0.0308. The monoisotopic (exact) mass is 296 g/mol. The molecular weight excluding hydrogens is 279 g/mol. The zero-order valence-electron chi connectivity index (χ0n) is 11.7. The van der Waals surface area contributed by atoms with Crippen LogP contribution in [0.3, 0.4) is 0 Å². The summed E-state index contributed by atoms with van der Waals surface area (Å²) in [5.74, 6) is -0.462. The van der Waals surface area contributed by atoms with Crippen molar-refractivity contribution in [3.63, 3.8) is 0 Å². The van der Waals surface area contributed by atoms with Crippen molar-refractivity contribution in [2.75, 3.05) is 6.54 Å². The number of halogens is 2. The Morgan fingerprint density at radius 3 is 3.10 bits per heavy atom. The van der Waals surface area contributed by atoms with E-state index in [9.17, 15) is 4.39 Å². The van der Waals surface area contributed by atoms with Crippen LogP contribution in [-0.4, -0.2) is 38.7 Å². The average molecular weight is 297 g/mol. The molecule has 2 aliphatic heterocycles. The Morgan fingerprint density at radius 2 is 2.30 bits per heavy atom. The highest BCUT2D eigenvalue weighted by Gasteiger charge is 2.41. The van der Waals surface area contributed by atoms with E-state index in [1.807, 2.05) is 0 Å². The molecule has 3 rings (SSSR count). The molecule has 0 radical (unpaired) electrons. The van der Waals surface area contributed by atoms with Crippen molar-refractivity contribution in [1.82, 2.24) is 14.9 Å². The maximum absolute atomic E-state index is 13.7. The van der Waals surface area contributed by atoms with Crippen molar-refractivity contribution in [3.8, 4) is 0 Å². The first-order valence-electron chi connectivity index (χ1n) is 6.97. The van der Waals surface area contributed by atoms with Gasteiger partial charge in [0.25, 0.3) is 0 Å². The van der Waals surface area contributed by atoms with E-state index < -0.39 is 5.82 Å². The van der Waals surface area contributed by atoms with E-state index in [2.05, 4.69) is 33.7 Å². The van der Waals surface area contributed by atoms with Crippen molar-refractivity contribution in [3.05, 3.63) is 17.3 Å². The molecular formula is C14H18ClFN4. The third-order valence-corrected chi connectivity index (χ3v) is 4.40. The van der Waals surface area contributed by atoms with Gasteiger partial charge >= 0.3 is 0 Å². The molecule has 2 aliphatic rings. The minimum Gasteiger partial charge on any atom is -0.295 e. The predicted molar refractivity (Wildman–Crippen MR) is 77.1 cm³/mol. The van der Waals surface area contributed by atoms with Crippen molar-refractivity contribution in [1.29, 1.82) is 0 Å². The normalized spacial score (nSPS) is 27.8. The lowest BCUT2D eigenvalue weighted by molar-refractivity contribution is 0.0987. The van der Waals surface area contributed by atoms with Crippen LogP contribution >= 0.6 is 11.6 Å². The van der Waals surface area contributed by atoms with Gasteiger partial charge < -0.3 is 0 Å². The zero-order valence-corrected chi connectivity index (χ0v) is 12.5. The molecule has 0 aliphatic carbocycles. The lowest BCUT2D eigenvalue weighted by atomic mass is 9.86. The van der Waals surface area contributed by atoms with Crippen LogP contribution < -0.4 is 0 Å². The van der Waals surface area contributed by atoms with Crippen LogP contribution in [0.5, 0.6) is 0 Å². The van der Waals surface area contributed by atoms with E-state index in [-0.39, 0.29) is 16.6 Å². The Bertz CT molecular complexity index is 558. The van der Waals surface area contributed by atoms with Gasteiger partial charge in [0.15, 0.2) is 11.6 Å². The highest BCUT2D eigenvalue weighted by Crippen LogP contribution is 2.37. The highest BCUT2D eigenvalue weighted by molar-refractivity contribution is 6.28. The second-order valence-corrected chi connectivity index (χ2v) is 6.51. The Labute approximate surface area is 123 Å². The van der Waals surface area contributed by atoms with Gasteiger partial charge in [0.1, 0.15) is 0 Å². The van der Waals surface area contributed by atoms with Crippen LogP contribution in [0.25, 0.3) is 0 Å². The van der Waals surface area contributed by atoms with Crippen LogP contribution in [0.2, 0.25) is 5.28 Å². The highest BCUT2D eigenvalue weighted by atomic mass is 35.5. The Hall–Kier alpha value is -1.07. The quantitative estimate of drug-likeness (QED) is 0.746. The van der Waals surface area contributed by atoms with Gasteiger partial charge in [0.05, 0.1) is 6.20 Å².